The number of β-amino-alcohol motifs (C(OH)–C–C–N with tert-alkyl or cyclic N) is 1. The van der Waals surface area contributed by atoms with E-state index in [4.69, 9.17) is 11.6 Å². The number of amides is 2. The molecule has 2 heterocycles. The lowest BCUT2D eigenvalue weighted by atomic mass is 10.0. The molecule has 2 fully saturated rings. The molecule has 3 unspecified atom stereocenters. The molecule has 3 atom stereocenters. The molecular weight excluding hydrogens is 318 g/mol. The van der Waals surface area contributed by atoms with Crippen LogP contribution in [-0.2, 0) is 9.59 Å². The maximum atomic E-state index is 12.5. The minimum atomic E-state index is -0.666. The van der Waals surface area contributed by atoms with Crippen LogP contribution in [0.3, 0.4) is 0 Å². The minimum absolute atomic E-state index is 0.000474. The van der Waals surface area contributed by atoms with Crippen molar-refractivity contribution >= 4 is 29.1 Å². The highest BCUT2D eigenvalue weighted by Gasteiger charge is 2.38. The molecule has 0 saturated carbocycles. The predicted molar refractivity (Wildman–Crippen MR) is 87.3 cm³/mol. The van der Waals surface area contributed by atoms with Crippen molar-refractivity contribution in [1.82, 2.24) is 10.6 Å². The van der Waals surface area contributed by atoms with Crippen molar-refractivity contribution < 1.29 is 14.7 Å². The maximum Gasteiger partial charge on any atom is 0.239 e. The van der Waals surface area contributed by atoms with E-state index in [0.717, 1.165) is 0 Å². The van der Waals surface area contributed by atoms with Crippen molar-refractivity contribution in [2.24, 2.45) is 11.8 Å². The van der Waals surface area contributed by atoms with Crippen LogP contribution in [0.25, 0.3) is 0 Å². The van der Waals surface area contributed by atoms with E-state index in [1.54, 1.807) is 23.1 Å². The number of halogens is 1. The van der Waals surface area contributed by atoms with Crippen molar-refractivity contribution in [3.05, 3.63) is 29.3 Å². The number of carbonyl (C=O) groups is 2. The molecule has 0 radical (unpaired) electrons. The summed E-state index contributed by atoms with van der Waals surface area (Å²) in [5.74, 6) is -1.13. The number of benzene rings is 1. The van der Waals surface area contributed by atoms with Gasteiger partial charge in [-0.05, 0) is 24.6 Å². The number of hydrogen-bond donors (Lipinski definition) is 3. The Morgan fingerprint density at radius 2 is 2.26 bits per heavy atom. The Bertz CT molecular complexity index is 610. The number of rotatable bonds is 4. The first-order chi connectivity index (χ1) is 11.1. The normalized spacial score (nSPS) is 27.5. The standard InChI is InChI=1S/C16H20ClN3O3/c17-11-2-1-3-12(6-11)20-5-4-13(16(20)23)15(22)19-8-10-7-18-9-14(10)21/h1-3,6,10,13-14,18,21H,4-5,7-9H2,(H,19,22). The van der Waals surface area contributed by atoms with Gasteiger partial charge in [-0.1, -0.05) is 17.7 Å². The van der Waals surface area contributed by atoms with E-state index < -0.39 is 12.0 Å². The van der Waals surface area contributed by atoms with Gasteiger partial charge in [0.1, 0.15) is 5.92 Å². The fourth-order valence-electron chi connectivity index (χ4n) is 3.11. The third-order valence-electron chi connectivity index (χ3n) is 4.48. The van der Waals surface area contributed by atoms with Gasteiger partial charge < -0.3 is 20.6 Å². The number of aliphatic hydroxyl groups excluding tert-OH is 1. The zero-order valence-corrected chi connectivity index (χ0v) is 13.4. The minimum Gasteiger partial charge on any atom is -0.391 e. The third-order valence-corrected chi connectivity index (χ3v) is 4.72. The molecule has 3 N–H and O–H groups in total. The Hall–Kier alpha value is -1.63. The number of nitrogens with zero attached hydrogens (tertiary/aromatic N) is 1. The Labute approximate surface area is 139 Å². The van der Waals surface area contributed by atoms with Crippen LogP contribution in [0.1, 0.15) is 6.42 Å². The van der Waals surface area contributed by atoms with Gasteiger partial charge in [0.25, 0.3) is 0 Å². The van der Waals surface area contributed by atoms with Gasteiger partial charge in [-0.2, -0.15) is 0 Å². The summed E-state index contributed by atoms with van der Waals surface area (Å²) in [6.07, 6.45) is 0.0420. The zero-order chi connectivity index (χ0) is 16.4. The molecule has 23 heavy (non-hydrogen) atoms. The lowest BCUT2D eigenvalue weighted by Gasteiger charge is -2.18. The summed E-state index contributed by atoms with van der Waals surface area (Å²) < 4.78 is 0. The second-order valence-electron chi connectivity index (χ2n) is 6.04. The van der Waals surface area contributed by atoms with E-state index in [2.05, 4.69) is 10.6 Å². The number of hydrogen-bond acceptors (Lipinski definition) is 4. The second-order valence-corrected chi connectivity index (χ2v) is 6.48. The summed E-state index contributed by atoms with van der Waals surface area (Å²) in [4.78, 5) is 26.4. The first-order valence-electron chi connectivity index (χ1n) is 7.79. The van der Waals surface area contributed by atoms with Gasteiger partial charge in [-0.3, -0.25) is 9.59 Å². The summed E-state index contributed by atoms with van der Waals surface area (Å²) in [5.41, 5.74) is 0.716. The van der Waals surface area contributed by atoms with Crippen molar-refractivity contribution in [3.8, 4) is 0 Å². The maximum absolute atomic E-state index is 12.5. The first-order valence-corrected chi connectivity index (χ1v) is 8.17. The van der Waals surface area contributed by atoms with Crippen LogP contribution in [0, 0.1) is 11.8 Å². The SMILES string of the molecule is O=C(NCC1CNCC1O)C1CCN(c2cccc(Cl)c2)C1=O. The molecule has 0 aromatic heterocycles. The number of aliphatic hydroxyl groups is 1. The van der Waals surface area contributed by atoms with Crippen LogP contribution in [0.2, 0.25) is 5.02 Å². The largest absolute Gasteiger partial charge is 0.391 e. The van der Waals surface area contributed by atoms with E-state index in [1.807, 2.05) is 6.07 Å². The van der Waals surface area contributed by atoms with E-state index in [-0.39, 0.29) is 17.7 Å². The van der Waals surface area contributed by atoms with Gasteiger partial charge >= 0.3 is 0 Å². The molecule has 1 aromatic rings. The first kappa shape index (κ1) is 16.2. The fourth-order valence-corrected chi connectivity index (χ4v) is 3.29. The van der Waals surface area contributed by atoms with Gasteiger partial charge in [0.05, 0.1) is 6.10 Å². The van der Waals surface area contributed by atoms with Gasteiger partial charge in [0, 0.05) is 42.8 Å². The monoisotopic (exact) mass is 337 g/mol. The summed E-state index contributed by atoms with van der Waals surface area (Å²) in [7, 11) is 0. The average molecular weight is 338 g/mol. The molecule has 6 nitrogen and oxygen atoms in total. The van der Waals surface area contributed by atoms with Crippen molar-refractivity contribution in [2.75, 3.05) is 31.1 Å². The summed E-state index contributed by atoms with van der Waals surface area (Å²) in [6, 6.07) is 7.06. The van der Waals surface area contributed by atoms with Gasteiger partial charge in [-0.25, -0.2) is 0 Å². The average Bonchev–Trinajstić information content (AvgIpc) is 3.11. The second kappa shape index (κ2) is 6.86. The van der Waals surface area contributed by atoms with E-state index >= 15 is 0 Å². The highest BCUT2D eigenvalue weighted by molar-refractivity contribution is 6.31. The van der Waals surface area contributed by atoms with Crippen molar-refractivity contribution in [3.63, 3.8) is 0 Å². The number of nitrogens with one attached hydrogen (secondary N) is 2. The molecule has 0 spiro atoms. The topological polar surface area (TPSA) is 81.7 Å². The van der Waals surface area contributed by atoms with E-state index in [1.165, 1.54) is 0 Å². The van der Waals surface area contributed by atoms with Crippen molar-refractivity contribution in [2.45, 2.75) is 12.5 Å². The van der Waals surface area contributed by atoms with E-state index in [9.17, 15) is 14.7 Å². The van der Waals surface area contributed by atoms with Gasteiger partial charge in [0.15, 0.2) is 0 Å². The summed E-state index contributed by atoms with van der Waals surface area (Å²) in [6.45, 7) is 2.11. The van der Waals surface area contributed by atoms with Crippen LogP contribution in [-0.4, -0.2) is 49.2 Å². The Morgan fingerprint density at radius 3 is 2.96 bits per heavy atom. The predicted octanol–water partition coefficient (Wildman–Crippen LogP) is 0.389. The Morgan fingerprint density at radius 1 is 1.43 bits per heavy atom. The van der Waals surface area contributed by atoms with Crippen LogP contribution in [0.15, 0.2) is 24.3 Å². The molecule has 2 aliphatic heterocycles. The van der Waals surface area contributed by atoms with E-state index in [0.29, 0.717) is 43.3 Å². The molecule has 2 amide bonds. The highest BCUT2D eigenvalue weighted by Crippen LogP contribution is 2.27. The number of anilines is 1. The summed E-state index contributed by atoms with van der Waals surface area (Å²) in [5, 5.41) is 16.2. The highest BCUT2D eigenvalue weighted by atomic mass is 35.5. The van der Waals surface area contributed by atoms with Gasteiger partial charge in [0.2, 0.25) is 11.8 Å². The zero-order valence-electron chi connectivity index (χ0n) is 12.7. The van der Waals surface area contributed by atoms with Crippen LogP contribution in [0.4, 0.5) is 5.69 Å². The quantitative estimate of drug-likeness (QED) is 0.694. The molecule has 124 valence electrons. The molecular formula is C16H20ClN3O3. The van der Waals surface area contributed by atoms with Crippen LogP contribution < -0.4 is 15.5 Å². The lowest BCUT2D eigenvalue weighted by molar-refractivity contribution is -0.132. The molecule has 2 aliphatic rings. The van der Waals surface area contributed by atoms with Crippen molar-refractivity contribution in [1.29, 1.82) is 0 Å². The molecule has 7 heteroatoms. The fraction of sp³-hybridized carbons (Fsp3) is 0.500. The third kappa shape index (κ3) is 3.49. The molecule has 3 rings (SSSR count). The molecule has 1 aromatic carbocycles. The number of carbonyl (C=O) groups excluding carboxylic acids is 2. The Balaban J connectivity index is 1.59. The molecule has 0 bridgehead atoms. The lowest BCUT2D eigenvalue weighted by Crippen LogP contribution is -2.40. The smallest absolute Gasteiger partial charge is 0.239 e. The Kier molecular flexibility index (Phi) is 4.84. The van der Waals surface area contributed by atoms with Crippen LogP contribution in [0.5, 0.6) is 0 Å². The molecule has 2 saturated heterocycles. The molecule has 0 aliphatic carbocycles. The van der Waals surface area contributed by atoms with Crippen LogP contribution >= 0.6 is 11.6 Å². The summed E-state index contributed by atoms with van der Waals surface area (Å²) >= 11 is 5.96. The van der Waals surface area contributed by atoms with Gasteiger partial charge in [-0.15, -0.1) is 0 Å².